The standard InChI is InChI=1S/C16H11BrClN3O2S/c1-9-12(16(22)23-8-14-15(18)24-21-20-14)5-6-13(19-9)10-3-2-4-11(17)7-10/h2-7H,8H2,1H3. The van der Waals surface area contributed by atoms with E-state index in [2.05, 4.69) is 30.5 Å². The summed E-state index contributed by atoms with van der Waals surface area (Å²) in [5.41, 5.74) is 3.21. The summed E-state index contributed by atoms with van der Waals surface area (Å²) < 4.78 is 10.3. The number of aromatic nitrogens is 3. The van der Waals surface area contributed by atoms with Gasteiger partial charge in [-0.05, 0) is 31.2 Å². The van der Waals surface area contributed by atoms with Gasteiger partial charge in [0.2, 0.25) is 0 Å². The molecule has 8 heteroatoms. The van der Waals surface area contributed by atoms with Crippen molar-refractivity contribution in [3.63, 3.8) is 0 Å². The summed E-state index contributed by atoms with van der Waals surface area (Å²) >= 11 is 10.4. The molecule has 5 nitrogen and oxygen atoms in total. The first-order valence-electron chi connectivity index (χ1n) is 6.92. The summed E-state index contributed by atoms with van der Waals surface area (Å²) in [7, 11) is 0. The molecular formula is C16H11BrClN3O2S. The third kappa shape index (κ3) is 3.80. The van der Waals surface area contributed by atoms with Crippen molar-refractivity contribution in [1.29, 1.82) is 0 Å². The average Bonchev–Trinajstić information content (AvgIpc) is 2.97. The highest BCUT2D eigenvalue weighted by Crippen LogP contribution is 2.23. The van der Waals surface area contributed by atoms with Crippen LogP contribution in [0.4, 0.5) is 0 Å². The molecule has 0 fully saturated rings. The van der Waals surface area contributed by atoms with Crippen molar-refractivity contribution < 1.29 is 9.53 Å². The second-order valence-electron chi connectivity index (χ2n) is 4.91. The first-order chi connectivity index (χ1) is 11.5. The zero-order chi connectivity index (χ0) is 17.1. The first kappa shape index (κ1) is 17.0. The molecule has 0 bridgehead atoms. The van der Waals surface area contributed by atoms with Crippen LogP contribution in [-0.4, -0.2) is 20.5 Å². The van der Waals surface area contributed by atoms with E-state index in [-0.39, 0.29) is 6.61 Å². The molecule has 0 aliphatic rings. The molecule has 0 saturated heterocycles. The normalized spacial score (nSPS) is 10.6. The van der Waals surface area contributed by atoms with Gasteiger partial charge in [0.15, 0.2) is 0 Å². The fourth-order valence-electron chi connectivity index (χ4n) is 2.08. The number of pyridine rings is 1. The second-order valence-corrected chi connectivity index (χ2v) is 7.18. The number of carbonyl (C=O) groups is 1. The van der Waals surface area contributed by atoms with Crippen LogP contribution in [0.15, 0.2) is 40.9 Å². The summed E-state index contributed by atoms with van der Waals surface area (Å²) in [5, 5.41) is 3.81. The molecular weight excluding hydrogens is 414 g/mol. The number of nitrogens with zero attached hydrogens (tertiary/aromatic N) is 3. The Labute approximate surface area is 155 Å². The molecule has 3 rings (SSSR count). The molecule has 0 unspecified atom stereocenters. The molecule has 0 atom stereocenters. The molecule has 0 radical (unpaired) electrons. The number of benzene rings is 1. The van der Waals surface area contributed by atoms with E-state index in [9.17, 15) is 4.79 Å². The fraction of sp³-hybridized carbons (Fsp3) is 0.125. The van der Waals surface area contributed by atoms with E-state index in [0.717, 1.165) is 27.3 Å². The minimum absolute atomic E-state index is 0.0129. The number of rotatable bonds is 4. The molecule has 0 aliphatic heterocycles. The van der Waals surface area contributed by atoms with Crippen molar-refractivity contribution in [3.05, 3.63) is 62.2 Å². The van der Waals surface area contributed by atoms with Crippen molar-refractivity contribution in [1.82, 2.24) is 14.6 Å². The Hall–Kier alpha value is -1.83. The van der Waals surface area contributed by atoms with E-state index in [4.69, 9.17) is 16.3 Å². The van der Waals surface area contributed by atoms with E-state index in [1.54, 1.807) is 19.1 Å². The highest BCUT2D eigenvalue weighted by molar-refractivity contribution is 9.10. The zero-order valence-corrected chi connectivity index (χ0v) is 15.7. The molecule has 122 valence electrons. The van der Waals surface area contributed by atoms with Crippen LogP contribution in [-0.2, 0) is 11.3 Å². The van der Waals surface area contributed by atoms with E-state index in [1.165, 1.54) is 0 Å². The van der Waals surface area contributed by atoms with Crippen LogP contribution in [0.1, 0.15) is 21.7 Å². The van der Waals surface area contributed by atoms with Crippen LogP contribution in [0.5, 0.6) is 0 Å². The van der Waals surface area contributed by atoms with Crippen LogP contribution < -0.4 is 0 Å². The number of esters is 1. The highest BCUT2D eigenvalue weighted by Gasteiger charge is 2.15. The Morgan fingerprint density at radius 1 is 1.33 bits per heavy atom. The number of halogens is 2. The van der Waals surface area contributed by atoms with Gasteiger partial charge in [-0.1, -0.05) is 44.2 Å². The smallest absolute Gasteiger partial charge is 0.340 e. The summed E-state index contributed by atoms with van der Waals surface area (Å²) in [6.45, 7) is 1.76. The predicted octanol–water partition coefficient (Wildman–Crippen LogP) is 4.68. The lowest BCUT2D eigenvalue weighted by atomic mass is 10.1. The van der Waals surface area contributed by atoms with Crippen molar-refractivity contribution in [3.8, 4) is 11.3 Å². The van der Waals surface area contributed by atoms with Gasteiger partial charge in [-0.25, -0.2) is 4.79 Å². The number of ether oxygens (including phenoxy) is 1. The largest absolute Gasteiger partial charge is 0.455 e. The third-order valence-electron chi connectivity index (χ3n) is 3.28. The Balaban J connectivity index is 1.77. The second kappa shape index (κ2) is 7.38. The minimum Gasteiger partial charge on any atom is -0.455 e. The van der Waals surface area contributed by atoms with E-state index >= 15 is 0 Å². The summed E-state index contributed by atoms with van der Waals surface area (Å²) in [6, 6.07) is 11.3. The van der Waals surface area contributed by atoms with Crippen molar-refractivity contribution >= 4 is 45.0 Å². The van der Waals surface area contributed by atoms with Crippen LogP contribution in [0.3, 0.4) is 0 Å². The number of carbonyl (C=O) groups excluding carboxylic acids is 1. The molecule has 1 aromatic carbocycles. The SMILES string of the molecule is Cc1nc(-c2cccc(Br)c2)ccc1C(=O)OCc1nnsc1Cl. The molecule has 0 N–H and O–H groups in total. The van der Waals surface area contributed by atoms with E-state index in [0.29, 0.717) is 21.3 Å². The summed E-state index contributed by atoms with van der Waals surface area (Å²) in [4.78, 5) is 16.7. The van der Waals surface area contributed by atoms with Gasteiger partial charge in [0, 0.05) is 21.6 Å². The lowest BCUT2D eigenvalue weighted by Gasteiger charge is -2.08. The Kier molecular flexibility index (Phi) is 5.23. The monoisotopic (exact) mass is 423 g/mol. The van der Waals surface area contributed by atoms with Crippen molar-refractivity contribution in [2.45, 2.75) is 13.5 Å². The van der Waals surface area contributed by atoms with Gasteiger partial charge in [-0.3, -0.25) is 4.98 Å². The molecule has 0 saturated carbocycles. The average molecular weight is 425 g/mol. The highest BCUT2D eigenvalue weighted by atomic mass is 79.9. The van der Waals surface area contributed by atoms with Gasteiger partial charge < -0.3 is 4.74 Å². The van der Waals surface area contributed by atoms with Crippen LogP contribution in [0, 0.1) is 6.92 Å². The van der Waals surface area contributed by atoms with E-state index < -0.39 is 5.97 Å². The van der Waals surface area contributed by atoms with Gasteiger partial charge in [0.25, 0.3) is 0 Å². The Bertz CT molecular complexity index is 901. The lowest BCUT2D eigenvalue weighted by Crippen LogP contribution is -2.09. The van der Waals surface area contributed by atoms with Crippen LogP contribution >= 0.6 is 39.1 Å². The summed E-state index contributed by atoms with van der Waals surface area (Å²) in [6.07, 6.45) is 0. The van der Waals surface area contributed by atoms with Crippen molar-refractivity contribution in [2.24, 2.45) is 0 Å². The quantitative estimate of drug-likeness (QED) is 0.569. The fourth-order valence-corrected chi connectivity index (χ4v) is 3.08. The molecule has 0 aliphatic carbocycles. The lowest BCUT2D eigenvalue weighted by molar-refractivity contribution is 0.0466. The van der Waals surface area contributed by atoms with Gasteiger partial charge in [-0.15, -0.1) is 5.10 Å². The number of hydrogen-bond donors (Lipinski definition) is 0. The van der Waals surface area contributed by atoms with Crippen LogP contribution in [0.25, 0.3) is 11.3 Å². The molecule has 0 spiro atoms. The molecule has 2 heterocycles. The zero-order valence-electron chi connectivity index (χ0n) is 12.5. The number of hydrogen-bond acceptors (Lipinski definition) is 6. The minimum atomic E-state index is -0.468. The van der Waals surface area contributed by atoms with Gasteiger partial charge in [0.05, 0.1) is 17.0 Å². The molecule has 0 amide bonds. The summed E-state index contributed by atoms with van der Waals surface area (Å²) in [5.74, 6) is -0.468. The Morgan fingerprint density at radius 3 is 2.83 bits per heavy atom. The van der Waals surface area contributed by atoms with Crippen molar-refractivity contribution in [2.75, 3.05) is 0 Å². The van der Waals surface area contributed by atoms with Gasteiger partial charge in [-0.2, -0.15) is 0 Å². The van der Waals surface area contributed by atoms with Gasteiger partial charge in [0.1, 0.15) is 16.6 Å². The number of aryl methyl sites for hydroxylation is 1. The molecule has 3 aromatic rings. The maximum Gasteiger partial charge on any atom is 0.340 e. The van der Waals surface area contributed by atoms with Gasteiger partial charge >= 0.3 is 5.97 Å². The van der Waals surface area contributed by atoms with Crippen LogP contribution in [0.2, 0.25) is 4.34 Å². The maximum absolute atomic E-state index is 12.2. The predicted molar refractivity (Wildman–Crippen MR) is 96.1 cm³/mol. The topological polar surface area (TPSA) is 65.0 Å². The first-order valence-corrected chi connectivity index (χ1v) is 8.86. The molecule has 2 aromatic heterocycles. The maximum atomic E-state index is 12.2. The van der Waals surface area contributed by atoms with E-state index in [1.807, 2.05) is 24.3 Å². The third-order valence-corrected chi connectivity index (χ3v) is 4.75. The Morgan fingerprint density at radius 2 is 2.17 bits per heavy atom. The molecule has 24 heavy (non-hydrogen) atoms.